The highest BCUT2D eigenvalue weighted by Crippen LogP contribution is 2.43. The number of hydrogen-bond acceptors (Lipinski definition) is 5. The van der Waals surface area contributed by atoms with Gasteiger partial charge in [0.25, 0.3) is 0 Å². The SMILES string of the molecule is CO[C@@]12CC[C@H](Oc3ccccn3)C[C@@H]1N(Cc1ccccc1C#N)CC2. The molecule has 27 heavy (non-hydrogen) atoms. The van der Waals surface area contributed by atoms with Crippen LogP contribution in [0.3, 0.4) is 0 Å². The van der Waals surface area contributed by atoms with E-state index in [0.717, 1.165) is 49.9 Å². The monoisotopic (exact) mass is 363 g/mol. The molecular formula is C22H25N3O2. The zero-order valence-corrected chi connectivity index (χ0v) is 15.7. The lowest BCUT2D eigenvalue weighted by Gasteiger charge is -2.43. The molecule has 2 fully saturated rings. The molecule has 2 aromatic rings. The van der Waals surface area contributed by atoms with Gasteiger partial charge in [-0.1, -0.05) is 24.3 Å². The van der Waals surface area contributed by atoms with Crippen molar-refractivity contribution in [2.45, 2.75) is 50.0 Å². The number of fused-ring (bicyclic) bond motifs is 1. The number of nitriles is 1. The van der Waals surface area contributed by atoms with Crippen LogP contribution >= 0.6 is 0 Å². The smallest absolute Gasteiger partial charge is 0.213 e. The summed E-state index contributed by atoms with van der Waals surface area (Å²) in [6.07, 6.45) is 5.81. The van der Waals surface area contributed by atoms with Gasteiger partial charge >= 0.3 is 0 Å². The van der Waals surface area contributed by atoms with E-state index in [9.17, 15) is 5.26 Å². The van der Waals surface area contributed by atoms with Crippen molar-refractivity contribution in [1.82, 2.24) is 9.88 Å². The van der Waals surface area contributed by atoms with Gasteiger partial charge in [0.05, 0.1) is 17.2 Å². The van der Waals surface area contributed by atoms with E-state index in [0.29, 0.717) is 5.88 Å². The largest absolute Gasteiger partial charge is 0.474 e. The molecule has 1 aliphatic carbocycles. The second-order valence-electron chi connectivity index (χ2n) is 7.46. The highest BCUT2D eigenvalue weighted by atomic mass is 16.5. The fourth-order valence-electron chi connectivity index (χ4n) is 4.63. The van der Waals surface area contributed by atoms with Gasteiger partial charge in [-0.15, -0.1) is 0 Å². The van der Waals surface area contributed by atoms with Gasteiger partial charge in [0, 0.05) is 44.9 Å². The van der Waals surface area contributed by atoms with E-state index in [-0.39, 0.29) is 17.7 Å². The number of aromatic nitrogens is 1. The molecule has 140 valence electrons. The molecule has 1 saturated heterocycles. The molecule has 5 heteroatoms. The molecule has 4 rings (SSSR count). The number of benzene rings is 1. The number of hydrogen-bond donors (Lipinski definition) is 0. The molecule has 0 bridgehead atoms. The summed E-state index contributed by atoms with van der Waals surface area (Å²) in [4.78, 5) is 6.77. The molecule has 1 aromatic carbocycles. The lowest BCUT2D eigenvalue weighted by Crippen LogP contribution is -2.52. The Morgan fingerprint density at radius 2 is 2.07 bits per heavy atom. The molecule has 1 aromatic heterocycles. The zero-order chi connectivity index (χ0) is 18.7. The van der Waals surface area contributed by atoms with Crippen molar-refractivity contribution in [3.63, 3.8) is 0 Å². The van der Waals surface area contributed by atoms with E-state index in [1.54, 1.807) is 6.20 Å². The van der Waals surface area contributed by atoms with Crippen molar-refractivity contribution in [2.24, 2.45) is 0 Å². The first-order chi connectivity index (χ1) is 13.2. The number of methoxy groups -OCH3 is 1. The molecule has 1 saturated carbocycles. The minimum Gasteiger partial charge on any atom is -0.474 e. The van der Waals surface area contributed by atoms with E-state index in [4.69, 9.17) is 9.47 Å². The standard InChI is InChI=1S/C22H25N3O2/c1-26-22-10-9-19(27-21-8-4-5-12-24-21)14-20(22)25(13-11-22)16-18-7-3-2-6-17(18)15-23/h2-8,12,19-20H,9-11,13-14,16H2,1H3/t19-,20-,22+/m0/s1. The number of nitrogens with zero attached hydrogens (tertiary/aromatic N) is 3. The summed E-state index contributed by atoms with van der Waals surface area (Å²) in [6, 6.07) is 16.2. The Hall–Kier alpha value is -2.42. The van der Waals surface area contributed by atoms with Crippen LogP contribution in [0, 0.1) is 11.3 Å². The molecule has 2 aliphatic rings. The van der Waals surface area contributed by atoms with E-state index >= 15 is 0 Å². The average Bonchev–Trinajstić information content (AvgIpc) is 3.08. The fourth-order valence-corrected chi connectivity index (χ4v) is 4.63. The van der Waals surface area contributed by atoms with Gasteiger partial charge in [0.1, 0.15) is 6.10 Å². The highest BCUT2D eigenvalue weighted by molar-refractivity contribution is 5.37. The van der Waals surface area contributed by atoms with Gasteiger partial charge in [0.2, 0.25) is 5.88 Å². The molecule has 0 unspecified atom stereocenters. The molecule has 3 atom stereocenters. The quantitative estimate of drug-likeness (QED) is 0.813. The van der Waals surface area contributed by atoms with Crippen LogP contribution in [0.1, 0.15) is 36.8 Å². The topological polar surface area (TPSA) is 58.4 Å². The lowest BCUT2D eigenvalue weighted by molar-refractivity contribution is -0.0843. The summed E-state index contributed by atoms with van der Waals surface area (Å²) in [7, 11) is 1.83. The van der Waals surface area contributed by atoms with Crippen molar-refractivity contribution in [3.05, 3.63) is 59.8 Å². The third kappa shape index (κ3) is 3.55. The Kier molecular flexibility index (Phi) is 5.11. The minimum atomic E-state index is -0.106. The maximum atomic E-state index is 9.41. The van der Waals surface area contributed by atoms with Crippen LogP contribution in [0.5, 0.6) is 5.88 Å². The van der Waals surface area contributed by atoms with E-state index < -0.39 is 0 Å². The molecule has 0 spiro atoms. The molecule has 0 radical (unpaired) electrons. The summed E-state index contributed by atoms with van der Waals surface area (Å²) >= 11 is 0. The third-order valence-electron chi connectivity index (χ3n) is 6.09. The van der Waals surface area contributed by atoms with Gasteiger partial charge in [-0.2, -0.15) is 5.26 Å². The first-order valence-corrected chi connectivity index (χ1v) is 9.59. The normalized spacial score (nSPS) is 27.7. The van der Waals surface area contributed by atoms with Gasteiger partial charge in [-0.3, -0.25) is 4.90 Å². The Labute approximate surface area is 160 Å². The predicted molar refractivity (Wildman–Crippen MR) is 102 cm³/mol. The van der Waals surface area contributed by atoms with Crippen LogP contribution in [0.15, 0.2) is 48.7 Å². The second kappa shape index (κ2) is 7.67. The van der Waals surface area contributed by atoms with Crippen molar-refractivity contribution in [3.8, 4) is 11.9 Å². The van der Waals surface area contributed by atoms with Crippen LogP contribution in [-0.2, 0) is 11.3 Å². The maximum Gasteiger partial charge on any atom is 0.213 e. The Bertz CT molecular complexity index is 820. The van der Waals surface area contributed by atoms with Gasteiger partial charge < -0.3 is 9.47 Å². The summed E-state index contributed by atoms with van der Waals surface area (Å²) in [5.74, 6) is 0.687. The molecule has 0 amide bonds. The Morgan fingerprint density at radius 1 is 1.22 bits per heavy atom. The first-order valence-electron chi connectivity index (χ1n) is 9.59. The van der Waals surface area contributed by atoms with Crippen LogP contribution in [0.2, 0.25) is 0 Å². The van der Waals surface area contributed by atoms with E-state index in [2.05, 4.69) is 22.0 Å². The maximum absolute atomic E-state index is 9.41. The van der Waals surface area contributed by atoms with Crippen molar-refractivity contribution in [1.29, 1.82) is 5.26 Å². The number of likely N-dealkylation sites (tertiary alicyclic amines) is 1. The fraction of sp³-hybridized carbons (Fsp3) is 0.455. The Morgan fingerprint density at radius 3 is 2.85 bits per heavy atom. The summed E-state index contributed by atoms with van der Waals surface area (Å²) < 4.78 is 12.2. The average molecular weight is 363 g/mol. The minimum absolute atomic E-state index is 0.106. The highest BCUT2D eigenvalue weighted by Gasteiger charge is 2.51. The van der Waals surface area contributed by atoms with Gasteiger partial charge in [-0.05, 0) is 37.0 Å². The van der Waals surface area contributed by atoms with Crippen LogP contribution in [-0.4, -0.2) is 41.3 Å². The summed E-state index contributed by atoms with van der Waals surface area (Å²) in [5.41, 5.74) is 1.73. The molecule has 2 heterocycles. The first kappa shape index (κ1) is 18.0. The number of rotatable bonds is 5. The number of pyridine rings is 1. The van der Waals surface area contributed by atoms with Gasteiger partial charge in [0.15, 0.2) is 0 Å². The lowest BCUT2D eigenvalue weighted by atomic mass is 9.79. The Balaban J connectivity index is 1.52. The number of ether oxygens (including phenoxy) is 2. The molecule has 1 aliphatic heterocycles. The summed E-state index contributed by atoms with van der Waals surface area (Å²) in [6.45, 7) is 1.75. The van der Waals surface area contributed by atoms with E-state index in [1.807, 2.05) is 43.5 Å². The van der Waals surface area contributed by atoms with Crippen molar-refractivity contribution < 1.29 is 9.47 Å². The molecule has 5 nitrogen and oxygen atoms in total. The zero-order valence-electron chi connectivity index (χ0n) is 15.7. The summed E-state index contributed by atoms with van der Waals surface area (Å²) in [5, 5.41) is 9.41. The van der Waals surface area contributed by atoms with Crippen molar-refractivity contribution in [2.75, 3.05) is 13.7 Å². The van der Waals surface area contributed by atoms with Crippen LogP contribution < -0.4 is 4.74 Å². The van der Waals surface area contributed by atoms with Crippen LogP contribution in [0.4, 0.5) is 0 Å². The second-order valence-corrected chi connectivity index (χ2v) is 7.46. The van der Waals surface area contributed by atoms with E-state index in [1.165, 1.54) is 0 Å². The predicted octanol–water partition coefficient (Wildman–Crippen LogP) is 3.54. The third-order valence-corrected chi connectivity index (χ3v) is 6.09. The van der Waals surface area contributed by atoms with Gasteiger partial charge in [-0.25, -0.2) is 4.98 Å². The van der Waals surface area contributed by atoms with Crippen LogP contribution in [0.25, 0.3) is 0 Å². The molecular weight excluding hydrogens is 338 g/mol. The molecule has 0 N–H and O–H groups in total. The van der Waals surface area contributed by atoms with Crippen molar-refractivity contribution >= 4 is 0 Å².